The lowest BCUT2D eigenvalue weighted by Gasteiger charge is -2.40. The average Bonchev–Trinajstić information content (AvgIpc) is 3.32. The van der Waals surface area contributed by atoms with E-state index in [0.29, 0.717) is 30.6 Å². The lowest BCUT2D eigenvalue weighted by atomic mass is 9.80. The number of nitrogens with one attached hydrogen (secondary N) is 2. The third-order valence-electron chi connectivity index (χ3n) is 6.85. The number of aromatic nitrogens is 2. The predicted octanol–water partition coefficient (Wildman–Crippen LogP) is 4.28. The first-order chi connectivity index (χ1) is 17.2. The van der Waals surface area contributed by atoms with E-state index in [1.165, 1.54) is 6.07 Å². The van der Waals surface area contributed by atoms with E-state index in [1.54, 1.807) is 0 Å². The second-order valence-electron chi connectivity index (χ2n) is 11.0. The van der Waals surface area contributed by atoms with Gasteiger partial charge in [0, 0.05) is 29.1 Å². The largest absolute Gasteiger partial charge is 0.416 e. The molecule has 1 aromatic carbocycles. The molecule has 37 heavy (non-hydrogen) atoms. The van der Waals surface area contributed by atoms with Gasteiger partial charge >= 0.3 is 6.18 Å². The minimum atomic E-state index is -4.56. The molecule has 8 nitrogen and oxygen atoms in total. The Labute approximate surface area is 215 Å². The predicted molar refractivity (Wildman–Crippen MR) is 132 cm³/mol. The van der Waals surface area contributed by atoms with E-state index >= 15 is 0 Å². The molecule has 1 heterocycles. The molecule has 204 valence electrons. The fraction of sp³-hybridized carbons (Fsp3) is 0.615. The summed E-state index contributed by atoms with van der Waals surface area (Å²) >= 11 is 0. The Morgan fingerprint density at radius 1 is 1.19 bits per heavy atom. The maximum atomic E-state index is 13.0. The van der Waals surface area contributed by atoms with Gasteiger partial charge in [0.05, 0.1) is 18.0 Å². The van der Waals surface area contributed by atoms with Crippen molar-refractivity contribution in [2.24, 2.45) is 0 Å². The van der Waals surface area contributed by atoms with Crippen LogP contribution in [0.1, 0.15) is 87.4 Å². The lowest BCUT2D eigenvalue weighted by molar-refractivity contribution is -0.137. The smallest absolute Gasteiger partial charge is 0.351 e. The number of alkyl halides is 3. The molecule has 0 bridgehead atoms. The van der Waals surface area contributed by atoms with Gasteiger partial charge in [0.1, 0.15) is 0 Å². The Morgan fingerprint density at radius 3 is 2.49 bits per heavy atom. The van der Waals surface area contributed by atoms with Crippen LogP contribution in [0.4, 0.5) is 13.2 Å². The first-order valence-electron chi connectivity index (χ1n) is 12.5. The minimum absolute atomic E-state index is 0.168. The Balaban J connectivity index is 1.69. The summed E-state index contributed by atoms with van der Waals surface area (Å²) in [5.74, 6) is -0.370. The molecule has 0 saturated heterocycles. The minimum Gasteiger partial charge on any atom is -0.351 e. The van der Waals surface area contributed by atoms with Gasteiger partial charge in [-0.15, -0.1) is 0 Å². The molecule has 0 radical (unpaired) electrons. The summed E-state index contributed by atoms with van der Waals surface area (Å²) in [5.41, 5.74) is -1.39. The van der Waals surface area contributed by atoms with Crippen molar-refractivity contribution in [2.75, 3.05) is 13.6 Å². The molecule has 2 amide bonds. The molecule has 1 saturated carbocycles. The zero-order valence-electron chi connectivity index (χ0n) is 22.1. The second-order valence-corrected chi connectivity index (χ2v) is 11.0. The van der Waals surface area contributed by atoms with Crippen LogP contribution in [0.25, 0.3) is 0 Å². The number of halogens is 3. The molecule has 1 aliphatic rings. The van der Waals surface area contributed by atoms with Crippen LogP contribution >= 0.6 is 0 Å². The van der Waals surface area contributed by atoms with Crippen molar-refractivity contribution in [1.82, 2.24) is 25.7 Å². The highest BCUT2D eigenvalue weighted by Gasteiger charge is 2.38. The third kappa shape index (κ3) is 7.30. The van der Waals surface area contributed by atoms with Crippen molar-refractivity contribution < 1.29 is 27.3 Å². The molecule has 1 aliphatic carbocycles. The van der Waals surface area contributed by atoms with Gasteiger partial charge in [-0.2, -0.15) is 18.2 Å². The Morgan fingerprint density at radius 2 is 1.89 bits per heavy atom. The summed E-state index contributed by atoms with van der Waals surface area (Å²) in [5, 5.41) is 9.53. The van der Waals surface area contributed by atoms with Crippen LogP contribution in [0.5, 0.6) is 0 Å². The van der Waals surface area contributed by atoms with E-state index in [4.69, 9.17) is 4.52 Å². The molecule has 3 rings (SSSR count). The Bertz CT molecular complexity index is 1090. The van der Waals surface area contributed by atoms with E-state index < -0.39 is 23.6 Å². The normalized spacial score (nSPS) is 20.8. The van der Waals surface area contributed by atoms with Crippen LogP contribution in [0.3, 0.4) is 0 Å². The van der Waals surface area contributed by atoms with Gasteiger partial charge in [0.25, 0.3) is 5.91 Å². The molecular formula is C26H36F3N5O3. The van der Waals surface area contributed by atoms with E-state index in [-0.39, 0.29) is 35.5 Å². The fourth-order valence-electron chi connectivity index (χ4n) is 4.43. The molecule has 1 fully saturated rings. The molecule has 2 N–H and O–H groups in total. The number of amides is 2. The van der Waals surface area contributed by atoms with Gasteiger partial charge in [-0.05, 0) is 58.4 Å². The SMILES string of the molecule is CC(C)N(C)[C@@H]1CC[C@H](NC(=O)CNC(=O)c2cccc(C(F)(F)F)c2)[C@@H](c2nc(C(C)(C)C)no2)C1. The van der Waals surface area contributed by atoms with Crippen LogP contribution in [-0.4, -0.2) is 58.6 Å². The van der Waals surface area contributed by atoms with Crippen LogP contribution in [0.2, 0.25) is 0 Å². The van der Waals surface area contributed by atoms with Gasteiger partial charge in [-0.25, -0.2) is 0 Å². The van der Waals surface area contributed by atoms with Crippen molar-refractivity contribution in [3.8, 4) is 0 Å². The third-order valence-corrected chi connectivity index (χ3v) is 6.85. The lowest BCUT2D eigenvalue weighted by Crippen LogP contribution is -2.50. The zero-order valence-corrected chi connectivity index (χ0v) is 22.1. The van der Waals surface area contributed by atoms with Crippen molar-refractivity contribution in [3.05, 3.63) is 47.1 Å². The van der Waals surface area contributed by atoms with Gasteiger partial charge in [0.15, 0.2) is 5.82 Å². The van der Waals surface area contributed by atoms with Crippen LogP contribution in [0.15, 0.2) is 28.8 Å². The Hall–Kier alpha value is -2.95. The van der Waals surface area contributed by atoms with Crippen molar-refractivity contribution in [3.63, 3.8) is 0 Å². The first kappa shape index (κ1) is 28.6. The summed E-state index contributed by atoms with van der Waals surface area (Å²) in [4.78, 5) is 32.1. The average molecular weight is 524 g/mol. The van der Waals surface area contributed by atoms with Crippen LogP contribution < -0.4 is 10.6 Å². The van der Waals surface area contributed by atoms with Crippen molar-refractivity contribution >= 4 is 11.8 Å². The summed E-state index contributed by atoms with van der Waals surface area (Å²) < 4.78 is 44.5. The van der Waals surface area contributed by atoms with Crippen molar-refractivity contribution in [2.45, 2.75) is 89.5 Å². The van der Waals surface area contributed by atoms with E-state index in [0.717, 1.165) is 24.6 Å². The zero-order chi connectivity index (χ0) is 27.5. The first-order valence-corrected chi connectivity index (χ1v) is 12.5. The number of carbonyl (C=O) groups excluding carboxylic acids is 2. The van der Waals surface area contributed by atoms with E-state index in [2.05, 4.69) is 46.6 Å². The molecule has 0 unspecified atom stereocenters. The maximum Gasteiger partial charge on any atom is 0.416 e. The highest BCUT2D eigenvalue weighted by molar-refractivity contribution is 5.96. The van der Waals surface area contributed by atoms with E-state index in [9.17, 15) is 22.8 Å². The monoisotopic (exact) mass is 523 g/mol. The molecule has 0 spiro atoms. The van der Waals surface area contributed by atoms with Gasteiger partial charge in [-0.3, -0.25) is 9.59 Å². The van der Waals surface area contributed by atoms with Gasteiger partial charge < -0.3 is 20.1 Å². The summed E-state index contributed by atoms with van der Waals surface area (Å²) in [6.07, 6.45) is -2.32. The van der Waals surface area contributed by atoms with Gasteiger partial charge in [-0.1, -0.05) is 32.0 Å². The topological polar surface area (TPSA) is 100 Å². The number of rotatable bonds is 7. The number of carbonyl (C=O) groups is 2. The maximum absolute atomic E-state index is 13.0. The molecule has 3 atom stereocenters. The van der Waals surface area contributed by atoms with Crippen molar-refractivity contribution in [1.29, 1.82) is 0 Å². The quantitative estimate of drug-likeness (QED) is 0.562. The number of nitrogens with zero attached hydrogens (tertiary/aromatic N) is 3. The number of hydrogen-bond acceptors (Lipinski definition) is 6. The van der Waals surface area contributed by atoms with E-state index in [1.807, 2.05) is 20.8 Å². The molecule has 2 aromatic rings. The summed E-state index contributed by atoms with van der Waals surface area (Å²) in [7, 11) is 2.07. The summed E-state index contributed by atoms with van der Waals surface area (Å²) in [6.45, 7) is 9.85. The Kier molecular flexibility index (Phi) is 8.66. The molecule has 11 heteroatoms. The number of benzene rings is 1. The van der Waals surface area contributed by atoms with Crippen LogP contribution in [0, 0.1) is 0 Å². The molecule has 1 aromatic heterocycles. The highest BCUT2D eigenvalue weighted by atomic mass is 19.4. The fourth-order valence-corrected chi connectivity index (χ4v) is 4.43. The molecular weight excluding hydrogens is 487 g/mol. The van der Waals surface area contributed by atoms with Crippen LogP contribution in [-0.2, 0) is 16.4 Å². The van der Waals surface area contributed by atoms with Gasteiger partial charge in [0.2, 0.25) is 11.8 Å². The standard InChI is InChI=1S/C26H36F3N5O3/c1-15(2)34(6)18-10-11-20(19(13-18)23-32-24(33-37-23)25(3,4)5)31-21(35)14-30-22(36)16-8-7-9-17(12-16)26(27,28)29/h7-9,12,15,18-20H,10-11,13-14H2,1-6H3,(H,30,36)(H,31,35)/t18-,19+,20+/m1/s1. The summed E-state index contributed by atoms with van der Waals surface area (Å²) in [6, 6.07) is 4.40. The highest BCUT2D eigenvalue weighted by Crippen LogP contribution is 2.36. The number of hydrogen-bond donors (Lipinski definition) is 2. The second kappa shape index (κ2) is 11.2. The molecule has 0 aliphatic heterocycles.